The van der Waals surface area contributed by atoms with Gasteiger partial charge in [0.2, 0.25) is 6.17 Å². The molecule has 1 heterocycles. The second-order valence-electron chi connectivity index (χ2n) is 10.9. The first-order valence-corrected chi connectivity index (χ1v) is 12.9. The Morgan fingerprint density at radius 3 is 2.33 bits per heavy atom. The first kappa shape index (κ1) is 27.7. The number of carbonyl (C=O) groups excluding carboxylic acids is 3. The number of para-hydroxylation sites is 1. The molecule has 0 saturated heterocycles. The Morgan fingerprint density at radius 1 is 0.949 bits per heavy atom. The Morgan fingerprint density at radius 2 is 1.64 bits per heavy atom. The Labute approximate surface area is 229 Å². The van der Waals surface area contributed by atoms with Crippen LogP contribution >= 0.6 is 0 Å². The van der Waals surface area contributed by atoms with Gasteiger partial charge in [-0.1, -0.05) is 81.4 Å². The number of benzodiazepines with no additional fused rings is 1. The van der Waals surface area contributed by atoms with Crippen LogP contribution < -0.4 is 10.6 Å². The van der Waals surface area contributed by atoms with E-state index in [0.29, 0.717) is 23.6 Å². The van der Waals surface area contributed by atoms with Crippen molar-refractivity contribution in [1.82, 2.24) is 9.80 Å². The molecule has 0 bridgehead atoms. The normalized spacial score (nSPS) is 15.1. The van der Waals surface area contributed by atoms with Crippen molar-refractivity contribution in [2.75, 3.05) is 31.3 Å². The fourth-order valence-electron chi connectivity index (χ4n) is 4.25. The van der Waals surface area contributed by atoms with Gasteiger partial charge in [-0.25, -0.2) is 9.79 Å². The first-order valence-electron chi connectivity index (χ1n) is 12.9. The summed E-state index contributed by atoms with van der Waals surface area (Å²) in [6, 6.07) is 23.8. The molecule has 1 atom stereocenters. The highest BCUT2D eigenvalue weighted by Crippen LogP contribution is 2.26. The monoisotopic (exact) mass is 525 g/mol. The molecule has 39 heavy (non-hydrogen) atoms. The molecule has 0 spiro atoms. The molecule has 8 nitrogen and oxygen atoms in total. The number of nitrogens with one attached hydrogen (secondary N) is 2. The minimum absolute atomic E-state index is 0.190. The van der Waals surface area contributed by atoms with Crippen molar-refractivity contribution in [3.05, 3.63) is 95.6 Å². The number of ketones is 1. The molecule has 0 fully saturated rings. The van der Waals surface area contributed by atoms with E-state index in [-0.39, 0.29) is 12.3 Å². The lowest BCUT2D eigenvalue weighted by Gasteiger charge is -2.30. The van der Waals surface area contributed by atoms with Crippen LogP contribution in [0.25, 0.3) is 0 Å². The molecule has 2 N–H and O–H groups in total. The molecule has 3 aromatic carbocycles. The molecule has 1 aliphatic rings. The van der Waals surface area contributed by atoms with E-state index in [1.54, 1.807) is 32.9 Å². The largest absolute Gasteiger partial charge is 0.324 e. The summed E-state index contributed by atoms with van der Waals surface area (Å²) in [4.78, 5) is 48.7. The summed E-state index contributed by atoms with van der Waals surface area (Å²) in [5, 5.41) is 5.82. The third-order valence-electron chi connectivity index (χ3n) is 6.36. The number of benzene rings is 3. The predicted octanol–water partition coefficient (Wildman–Crippen LogP) is 5.01. The van der Waals surface area contributed by atoms with Crippen LogP contribution in [0, 0.1) is 5.41 Å². The van der Waals surface area contributed by atoms with Gasteiger partial charge >= 0.3 is 6.03 Å². The second-order valence-corrected chi connectivity index (χ2v) is 10.9. The molecule has 8 heteroatoms. The van der Waals surface area contributed by atoms with Crippen LogP contribution in [0.1, 0.15) is 37.5 Å². The number of rotatable bonds is 7. The van der Waals surface area contributed by atoms with Gasteiger partial charge in [0.05, 0.1) is 17.9 Å². The molecule has 0 aliphatic carbocycles. The zero-order valence-corrected chi connectivity index (χ0v) is 23.1. The molecule has 1 unspecified atom stereocenters. The zero-order chi connectivity index (χ0) is 28.2. The van der Waals surface area contributed by atoms with Gasteiger partial charge in [0.1, 0.15) is 0 Å². The topological polar surface area (TPSA) is 94.1 Å². The molecule has 0 saturated carbocycles. The highest BCUT2D eigenvalue weighted by atomic mass is 16.2. The second kappa shape index (κ2) is 11.6. The summed E-state index contributed by atoms with van der Waals surface area (Å²) in [6.45, 7) is 5.78. The quantitative estimate of drug-likeness (QED) is 0.453. The van der Waals surface area contributed by atoms with Gasteiger partial charge in [-0.2, -0.15) is 0 Å². The van der Waals surface area contributed by atoms with Gasteiger partial charge in [-0.15, -0.1) is 0 Å². The van der Waals surface area contributed by atoms with Crippen molar-refractivity contribution < 1.29 is 14.4 Å². The van der Waals surface area contributed by atoms with Crippen molar-refractivity contribution in [3.63, 3.8) is 0 Å². The van der Waals surface area contributed by atoms with E-state index in [9.17, 15) is 14.4 Å². The van der Waals surface area contributed by atoms with E-state index < -0.39 is 23.5 Å². The average molecular weight is 526 g/mol. The SMILES string of the molecule is CN(C)Cc1cccc(NC(=O)N(CC(=O)C(C)(C)C)C2N=C(c3ccccc3)c3ccccc3NC2=O)c1. The summed E-state index contributed by atoms with van der Waals surface area (Å²) < 4.78 is 0. The molecule has 1 aliphatic heterocycles. The van der Waals surface area contributed by atoms with E-state index in [1.165, 1.54) is 4.90 Å². The molecule has 3 aromatic rings. The van der Waals surface area contributed by atoms with Crippen molar-refractivity contribution in [2.45, 2.75) is 33.5 Å². The van der Waals surface area contributed by atoms with Gasteiger partial charge in [0.15, 0.2) is 5.78 Å². The molecule has 202 valence electrons. The maximum Gasteiger partial charge on any atom is 0.324 e. The minimum Gasteiger partial charge on any atom is -0.322 e. The lowest BCUT2D eigenvalue weighted by atomic mass is 9.90. The lowest BCUT2D eigenvalue weighted by molar-refractivity contribution is -0.128. The van der Waals surface area contributed by atoms with E-state index in [2.05, 4.69) is 10.6 Å². The molecule has 0 aromatic heterocycles. The van der Waals surface area contributed by atoms with Crippen LogP contribution in [0.2, 0.25) is 0 Å². The van der Waals surface area contributed by atoms with Crippen LogP contribution in [0.3, 0.4) is 0 Å². The zero-order valence-electron chi connectivity index (χ0n) is 23.1. The van der Waals surface area contributed by atoms with Crippen molar-refractivity contribution in [3.8, 4) is 0 Å². The standard InChI is InChI=1S/C31H35N5O3/c1-31(2,3)26(37)20-36(30(39)32-23-15-11-12-21(18-23)19-35(4)5)28-29(38)33-25-17-10-9-16-24(25)27(34-28)22-13-7-6-8-14-22/h6-18,28H,19-20H2,1-5H3,(H,32,39)(H,33,38). The van der Waals surface area contributed by atoms with Crippen LogP contribution in [-0.2, 0) is 16.1 Å². The number of amides is 3. The molecular weight excluding hydrogens is 490 g/mol. The number of nitrogens with zero attached hydrogens (tertiary/aromatic N) is 3. The molecule has 0 radical (unpaired) electrons. The number of anilines is 2. The van der Waals surface area contributed by atoms with E-state index in [4.69, 9.17) is 4.99 Å². The highest BCUT2D eigenvalue weighted by Gasteiger charge is 2.36. The summed E-state index contributed by atoms with van der Waals surface area (Å²) in [6.07, 6.45) is -1.27. The number of aliphatic imine (C=N–C) groups is 1. The first-order chi connectivity index (χ1) is 18.5. The van der Waals surface area contributed by atoms with Gasteiger partial charge < -0.3 is 15.5 Å². The number of fused-ring (bicyclic) bond motifs is 1. The Hall–Kier alpha value is -4.30. The Kier molecular flexibility index (Phi) is 8.26. The maximum atomic E-state index is 13.8. The van der Waals surface area contributed by atoms with E-state index in [1.807, 2.05) is 85.7 Å². The number of carbonyl (C=O) groups is 3. The number of hydrogen-bond acceptors (Lipinski definition) is 5. The molecular formula is C31H35N5O3. The number of urea groups is 1. The van der Waals surface area contributed by atoms with Gasteiger partial charge in [0.25, 0.3) is 5.91 Å². The summed E-state index contributed by atoms with van der Waals surface area (Å²) >= 11 is 0. The van der Waals surface area contributed by atoms with Crippen LogP contribution in [0.5, 0.6) is 0 Å². The average Bonchev–Trinajstić information content (AvgIpc) is 3.02. The third-order valence-corrected chi connectivity index (χ3v) is 6.36. The van der Waals surface area contributed by atoms with Gasteiger partial charge in [-0.3, -0.25) is 14.5 Å². The molecule has 4 rings (SSSR count). The fraction of sp³-hybridized carbons (Fsp3) is 0.290. The summed E-state index contributed by atoms with van der Waals surface area (Å²) in [5.74, 6) is -0.684. The van der Waals surface area contributed by atoms with Gasteiger partial charge in [0, 0.05) is 28.8 Å². The van der Waals surface area contributed by atoms with Gasteiger partial charge in [-0.05, 0) is 37.9 Å². The smallest absolute Gasteiger partial charge is 0.322 e. The lowest BCUT2D eigenvalue weighted by Crippen LogP contribution is -2.51. The highest BCUT2D eigenvalue weighted by molar-refractivity contribution is 6.20. The number of hydrogen-bond donors (Lipinski definition) is 2. The van der Waals surface area contributed by atoms with Crippen LogP contribution in [0.4, 0.5) is 16.2 Å². The number of Topliss-reactive ketones (excluding diaryl/α,β-unsaturated/α-hetero) is 1. The van der Waals surface area contributed by atoms with E-state index in [0.717, 1.165) is 16.7 Å². The van der Waals surface area contributed by atoms with Crippen molar-refractivity contribution in [1.29, 1.82) is 0 Å². The molecule has 3 amide bonds. The predicted molar refractivity (Wildman–Crippen MR) is 155 cm³/mol. The minimum atomic E-state index is -1.27. The summed E-state index contributed by atoms with van der Waals surface area (Å²) in [7, 11) is 3.94. The van der Waals surface area contributed by atoms with Crippen molar-refractivity contribution in [2.24, 2.45) is 10.4 Å². The van der Waals surface area contributed by atoms with Crippen LogP contribution in [0.15, 0.2) is 83.9 Å². The third kappa shape index (κ3) is 6.78. The van der Waals surface area contributed by atoms with Crippen molar-refractivity contribution >= 4 is 34.8 Å². The maximum absolute atomic E-state index is 13.8. The van der Waals surface area contributed by atoms with Crippen LogP contribution in [-0.4, -0.2) is 60.0 Å². The summed E-state index contributed by atoms with van der Waals surface area (Å²) in [5.41, 5.74) is 3.54. The Balaban J connectivity index is 1.77. The van der Waals surface area contributed by atoms with E-state index >= 15 is 0 Å². The Bertz CT molecular complexity index is 1390. The fourth-order valence-corrected chi connectivity index (χ4v) is 4.25.